The van der Waals surface area contributed by atoms with Crippen molar-refractivity contribution in [3.63, 3.8) is 0 Å². The van der Waals surface area contributed by atoms with Gasteiger partial charge in [-0.2, -0.15) is 5.26 Å². The quantitative estimate of drug-likeness (QED) is 0.706. The molecule has 0 bridgehead atoms. The Morgan fingerprint density at radius 1 is 1.43 bits per heavy atom. The Balaban J connectivity index is 1.97. The van der Waals surface area contributed by atoms with E-state index in [2.05, 4.69) is 18.0 Å². The van der Waals surface area contributed by atoms with Crippen LogP contribution in [-0.2, 0) is 12.8 Å². The standard InChI is InChI=1S/C17H15ClN2S/c1-11-6-7-13-14(9-19)17(21-16(13)8-11)20-10-12-4-2-3-5-15(12)18/h2-5,10-11H,6-8H2,1H3/t11-/m1/s1. The van der Waals surface area contributed by atoms with Gasteiger partial charge in [0.05, 0.1) is 5.56 Å². The largest absolute Gasteiger partial charge is 0.244 e. The Morgan fingerprint density at radius 2 is 2.24 bits per heavy atom. The number of halogens is 1. The molecule has 1 heterocycles. The monoisotopic (exact) mass is 314 g/mol. The normalized spacial score (nSPS) is 17.7. The molecule has 21 heavy (non-hydrogen) atoms. The van der Waals surface area contributed by atoms with Crippen LogP contribution in [0.5, 0.6) is 0 Å². The number of hydrogen-bond donors (Lipinski definition) is 0. The number of nitrogens with zero attached hydrogens (tertiary/aromatic N) is 2. The minimum Gasteiger partial charge on any atom is -0.244 e. The van der Waals surface area contributed by atoms with Crippen LogP contribution in [0.1, 0.15) is 34.9 Å². The second-order valence-corrected chi connectivity index (χ2v) is 6.91. The Hall–Kier alpha value is -1.63. The van der Waals surface area contributed by atoms with E-state index in [0.29, 0.717) is 10.9 Å². The fraction of sp³-hybridized carbons (Fsp3) is 0.294. The summed E-state index contributed by atoms with van der Waals surface area (Å²) in [6.07, 6.45) is 4.98. The first-order valence-electron chi connectivity index (χ1n) is 7.02. The van der Waals surface area contributed by atoms with E-state index in [1.807, 2.05) is 24.3 Å². The number of hydrogen-bond acceptors (Lipinski definition) is 3. The summed E-state index contributed by atoms with van der Waals surface area (Å²) in [6.45, 7) is 2.27. The Kier molecular flexibility index (Phi) is 4.10. The zero-order chi connectivity index (χ0) is 14.8. The lowest BCUT2D eigenvalue weighted by Crippen LogP contribution is -2.09. The molecule has 3 rings (SSSR count). The second-order valence-electron chi connectivity index (χ2n) is 5.42. The molecule has 4 heteroatoms. The van der Waals surface area contributed by atoms with Crippen molar-refractivity contribution in [2.75, 3.05) is 0 Å². The van der Waals surface area contributed by atoms with Crippen LogP contribution < -0.4 is 0 Å². The van der Waals surface area contributed by atoms with Crippen molar-refractivity contribution >= 4 is 34.2 Å². The molecule has 2 nitrogen and oxygen atoms in total. The van der Waals surface area contributed by atoms with E-state index >= 15 is 0 Å². The SMILES string of the molecule is C[C@@H]1CCc2c(sc(N=Cc3ccccc3Cl)c2C#N)C1. The van der Waals surface area contributed by atoms with E-state index in [-0.39, 0.29) is 0 Å². The summed E-state index contributed by atoms with van der Waals surface area (Å²) >= 11 is 7.78. The van der Waals surface area contributed by atoms with Crippen LogP contribution in [0.4, 0.5) is 5.00 Å². The van der Waals surface area contributed by atoms with Crippen molar-refractivity contribution in [2.45, 2.75) is 26.2 Å². The molecule has 0 saturated carbocycles. The smallest absolute Gasteiger partial charge is 0.134 e. The van der Waals surface area contributed by atoms with Gasteiger partial charge in [0.2, 0.25) is 0 Å². The summed E-state index contributed by atoms with van der Waals surface area (Å²) in [5.74, 6) is 0.697. The third kappa shape index (κ3) is 2.88. The van der Waals surface area contributed by atoms with Crippen molar-refractivity contribution in [2.24, 2.45) is 10.9 Å². The van der Waals surface area contributed by atoms with E-state index in [1.54, 1.807) is 17.6 Å². The molecule has 0 unspecified atom stereocenters. The fourth-order valence-corrected chi connectivity index (χ4v) is 4.14. The summed E-state index contributed by atoms with van der Waals surface area (Å²) in [4.78, 5) is 5.85. The summed E-state index contributed by atoms with van der Waals surface area (Å²) in [6, 6.07) is 9.92. The highest BCUT2D eigenvalue weighted by Gasteiger charge is 2.23. The van der Waals surface area contributed by atoms with Gasteiger partial charge in [-0.25, -0.2) is 4.99 Å². The molecule has 106 valence electrons. The maximum atomic E-state index is 9.44. The maximum absolute atomic E-state index is 9.44. The third-order valence-corrected chi connectivity index (χ3v) is 5.34. The third-order valence-electron chi connectivity index (χ3n) is 3.83. The molecule has 0 amide bonds. The van der Waals surface area contributed by atoms with Crippen molar-refractivity contribution in [3.05, 3.63) is 50.9 Å². The van der Waals surface area contributed by atoms with Crippen LogP contribution in [0.2, 0.25) is 5.02 Å². The minimum atomic E-state index is 0.676. The zero-order valence-corrected chi connectivity index (χ0v) is 13.3. The number of thiophene rings is 1. The fourth-order valence-electron chi connectivity index (χ4n) is 2.65. The Bertz CT molecular complexity index is 740. The van der Waals surface area contributed by atoms with Crippen LogP contribution in [0, 0.1) is 17.2 Å². The number of rotatable bonds is 2. The molecule has 1 aliphatic carbocycles. The van der Waals surface area contributed by atoms with Crippen molar-refractivity contribution in [3.8, 4) is 6.07 Å². The first-order chi connectivity index (χ1) is 10.2. The van der Waals surface area contributed by atoms with E-state index in [0.717, 1.165) is 35.4 Å². The number of fused-ring (bicyclic) bond motifs is 1. The van der Waals surface area contributed by atoms with Gasteiger partial charge in [-0.1, -0.05) is 36.7 Å². The van der Waals surface area contributed by atoms with Gasteiger partial charge in [-0.15, -0.1) is 11.3 Å². The van der Waals surface area contributed by atoms with Gasteiger partial charge >= 0.3 is 0 Å². The van der Waals surface area contributed by atoms with Crippen molar-refractivity contribution < 1.29 is 0 Å². The lowest BCUT2D eigenvalue weighted by atomic mass is 9.89. The van der Waals surface area contributed by atoms with E-state index < -0.39 is 0 Å². The second kappa shape index (κ2) is 6.01. The predicted octanol–water partition coefficient (Wildman–Crippen LogP) is 5.15. The minimum absolute atomic E-state index is 0.676. The topological polar surface area (TPSA) is 36.1 Å². The molecule has 0 fully saturated rings. The molecule has 1 atom stereocenters. The average molecular weight is 315 g/mol. The zero-order valence-electron chi connectivity index (χ0n) is 11.8. The Morgan fingerprint density at radius 3 is 3.00 bits per heavy atom. The molecule has 2 aromatic rings. The van der Waals surface area contributed by atoms with E-state index in [9.17, 15) is 5.26 Å². The average Bonchev–Trinajstić information content (AvgIpc) is 2.82. The van der Waals surface area contributed by atoms with Crippen molar-refractivity contribution in [1.82, 2.24) is 0 Å². The first-order valence-corrected chi connectivity index (χ1v) is 8.21. The van der Waals surface area contributed by atoms with Crippen molar-refractivity contribution in [1.29, 1.82) is 5.26 Å². The van der Waals surface area contributed by atoms with Crippen LogP contribution in [0.25, 0.3) is 0 Å². The van der Waals surface area contributed by atoms with Crippen LogP contribution in [0.3, 0.4) is 0 Å². The number of nitriles is 1. The molecule has 0 saturated heterocycles. The summed E-state index contributed by atoms with van der Waals surface area (Å²) in [7, 11) is 0. The molecular weight excluding hydrogens is 300 g/mol. The molecule has 0 spiro atoms. The van der Waals surface area contributed by atoms with E-state index in [1.165, 1.54) is 10.4 Å². The highest BCUT2D eigenvalue weighted by atomic mass is 35.5. The van der Waals surface area contributed by atoms with Gasteiger partial charge in [0.15, 0.2) is 0 Å². The number of benzene rings is 1. The van der Waals surface area contributed by atoms with Gasteiger partial charge in [-0.3, -0.25) is 0 Å². The summed E-state index contributed by atoms with van der Waals surface area (Å²) in [5.41, 5.74) is 2.85. The summed E-state index contributed by atoms with van der Waals surface area (Å²) < 4.78 is 0. The molecule has 0 N–H and O–H groups in total. The molecule has 1 aromatic heterocycles. The summed E-state index contributed by atoms with van der Waals surface area (Å²) in [5, 5.41) is 10.9. The van der Waals surface area contributed by atoms with Gasteiger partial charge in [0, 0.05) is 21.7 Å². The van der Waals surface area contributed by atoms with Gasteiger partial charge in [-0.05, 0) is 36.8 Å². The van der Waals surface area contributed by atoms with E-state index in [4.69, 9.17) is 11.6 Å². The van der Waals surface area contributed by atoms with Crippen LogP contribution in [-0.4, -0.2) is 6.21 Å². The number of aliphatic imine (C=N–C) groups is 1. The highest BCUT2D eigenvalue weighted by Crippen LogP contribution is 2.40. The molecule has 0 radical (unpaired) electrons. The lowest BCUT2D eigenvalue weighted by molar-refractivity contribution is 0.507. The van der Waals surface area contributed by atoms with Gasteiger partial charge < -0.3 is 0 Å². The maximum Gasteiger partial charge on any atom is 0.134 e. The molecule has 0 aliphatic heterocycles. The molecular formula is C17H15ClN2S. The van der Waals surface area contributed by atoms with Gasteiger partial charge in [0.25, 0.3) is 0 Å². The van der Waals surface area contributed by atoms with Crippen LogP contribution in [0.15, 0.2) is 29.3 Å². The lowest BCUT2D eigenvalue weighted by Gasteiger charge is -2.17. The first kappa shape index (κ1) is 14.3. The molecule has 1 aromatic carbocycles. The van der Waals surface area contributed by atoms with Crippen LogP contribution >= 0.6 is 22.9 Å². The predicted molar refractivity (Wildman–Crippen MR) is 88.9 cm³/mol. The Labute approximate surface area is 133 Å². The highest BCUT2D eigenvalue weighted by molar-refractivity contribution is 7.16. The molecule has 1 aliphatic rings. The van der Waals surface area contributed by atoms with Gasteiger partial charge in [0.1, 0.15) is 11.1 Å².